The van der Waals surface area contributed by atoms with Gasteiger partial charge in [0.15, 0.2) is 0 Å². The molecule has 0 saturated carbocycles. The van der Waals surface area contributed by atoms with Gasteiger partial charge in [-0.05, 0) is 91.0 Å². The van der Waals surface area contributed by atoms with Crippen LogP contribution in [-0.2, 0) is 4.74 Å². The number of ether oxygens (including phenoxy) is 1. The predicted molar refractivity (Wildman–Crippen MR) is 116 cm³/mol. The van der Waals surface area contributed by atoms with E-state index in [1.54, 1.807) is 0 Å². The Morgan fingerprint density at radius 1 is 0.923 bits per heavy atom. The van der Waals surface area contributed by atoms with E-state index in [0.29, 0.717) is 6.10 Å². The van der Waals surface area contributed by atoms with Crippen LogP contribution in [0, 0.1) is 11.8 Å². The van der Waals surface area contributed by atoms with E-state index < -0.39 is 0 Å². The number of hydrogen-bond acceptors (Lipinski definition) is 2. The average molecular weight is 364 g/mol. The molecule has 1 fully saturated rings. The first-order chi connectivity index (χ1) is 12.4. The molecule has 0 bridgehead atoms. The molecule has 2 heteroatoms. The van der Waals surface area contributed by atoms with Crippen LogP contribution in [0.15, 0.2) is 23.3 Å². The van der Waals surface area contributed by atoms with Crippen LogP contribution in [0.2, 0.25) is 0 Å². The Morgan fingerprint density at radius 2 is 1.50 bits per heavy atom. The molecule has 0 aromatic carbocycles. The number of hydrogen-bond donors (Lipinski definition) is 0. The third-order valence-corrected chi connectivity index (χ3v) is 5.57. The van der Waals surface area contributed by atoms with Crippen molar-refractivity contribution in [3.05, 3.63) is 23.3 Å². The normalized spacial score (nSPS) is 20.5. The second-order valence-corrected chi connectivity index (χ2v) is 9.09. The van der Waals surface area contributed by atoms with Gasteiger partial charge in [0.2, 0.25) is 0 Å². The van der Waals surface area contributed by atoms with Crippen molar-refractivity contribution in [2.24, 2.45) is 11.8 Å². The number of nitrogens with zero attached hydrogens (tertiary/aromatic N) is 1. The topological polar surface area (TPSA) is 12.5 Å². The SMILES string of the molecule is CC(C)=CCCC(C)CCC1CN(CCC(C)CCC=C(C)C)CCO1. The Kier molecular flexibility index (Phi) is 12.2. The van der Waals surface area contributed by atoms with Crippen LogP contribution in [0.25, 0.3) is 0 Å². The molecule has 1 aliphatic heterocycles. The lowest BCUT2D eigenvalue weighted by Crippen LogP contribution is -2.43. The zero-order valence-electron chi connectivity index (χ0n) is 18.5. The molecule has 3 atom stereocenters. The largest absolute Gasteiger partial charge is 0.376 e. The molecule has 1 rings (SSSR count). The second-order valence-electron chi connectivity index (χ2n) is 9.09. The summed E-state index contributed by atoms with van der Waals surface area (Å²) in [5.41, 5.74) is 2.89. The molecule has 0 radical (unpaired) electrons. The van der Waals surface area contributed by atoms with Crippen LogP contribution in [0.1, 0.15) is 86.5 Å². The number of allylic oxidation sites excluding steroid dienone is 4. The van der Waals surface area contributed by atoms with Crippen molar-refractivity contribution >= 4 is 0 Å². The van der Waals surface area contributed by atoms with E-state index in [-0.39, 0.29) is 0 Å². The fourth-order valence-corrected chi connectivity index (χ4v) is 3.63. The molecule has 2 nitrogen and oxygen atoms in total. The van der Waals surface area contributed by atoms with E-state index >= 15 is 0 Å². The molecule has 1 saturated heterocycles. The lowest BCUT2D eigenvalue weighted by Gasteiger charge is -2.34. The third kappa shape index (κ3) is 11.9. The summed E-state index contributed by atoms with van der Waals surface area (Å²) in [5.74, 6) is 1.63. The number of morpholine rings is 1. The maximum atomic E-state index is 6.04. The standard InChI is InChI=1S/C24H45NO/c1-20(2)9-7-11-22(5)13-14-24-19-25(17-18-26-24)16-15-23(6)12-8-10-21(3)4/h9-10,22-24H,7-8,11-19H2,1-6H3. The van der Waals surface area contributed by atoms with Gasteiger partial charge in [-0.3, -0.25) is 4.90 Å². The average Bonchev–Trinajstić information content (AvgIpc) is 2.58. The van der Waals surface area contributed by atoms with E-state index in [0.717, 1.165) is 31.5 Å². The van der Waals surface area contributed by atoms with Crippen LogP contribution in [0.3, 0.4) is 0 Å². The molecular formula is C24H45NO. The van der Waals surface area contributed by atoms with E-state index in [9.17, 15) is 0 Å². The maximum absolute atomic E-state index is 6.04. The minimum atomic E-state index is 0.454. The van der Waals surface area contributed by atoms with Crippen LogP contribution in [0.4, 0.5) is 0 Å². The number of rotatable bonds is 12. The van der Waals surface area contributed by atoms with Gasteiger partial charge < -0.3 is 4.74 Å². The zero-order chi connectivity index (χ0) is 19.4. The van der Waals surface area contributed by atoms with Crippen LogP contribution >= 0.6 is 0 Å². The highest BCUT2D eigenvalue weighted by Gasteiger charge is 2.21. The summed E-state index contributed by atoms with van der Waals surface area (Å²) < 4.78 is 6.04. The smallest absolute Gasteiger partial charge is 0.0702 e. The summed E-state index contributed by atoms with van der Waals surface area (Å²) in [5, 5.41) is 0. The minimum absolute atomic E-state index is 0.454. The van der Waals surface area contributed by atoms with Crippen molar-refractivity contribution < 1.29 is 4.74 Å². The first-order valence-corrected chi connectivity index (χ1v) is 11.0. The van der Waals surface area contributed by atoms with Gasteiger partial charge in [-0.2, -0.15) is 0 Å². The van der Waals surface area contributed by atoms with Gasteiger partial charge in [0, 0.05) is 13.1 Å². The van der Waals surface area contributed by atoms with Crippen LogP contribution in [-0.4, -0.2) is 37.2 Å². The first kappa shape index (κ1) is 23.4. The van der Waals surface area contributed by atoms with Crippen molar-refractivity contribution in [1.29, 1.82) is 0 Å². The highest BCUT2D eigenvalue weighted by atomic mass is 16.5. The second kappa shape index (κ2) is 13.6. The van der Waals surface area contributed by atoms with Gasteiger partial charge in [0.1, 0.15) is 0 Å². The van der Waals surface area contributed by atoms with Crippen LogP contribution in [0.5, 0.6) is 0 Å². The molecular weight excluding hydrogens is 318 g/mol. The van der Waals surface area contributed by atoms with Crippen molar-refractivity contribution in [3.8, 4) is 0 Å². The lowest BCUT2D eigenvalue weighted by atomic mass is 9.96. The van der Waals surface area contributed by atoms with E-state index in [2.05, 4.69) is 58.6 Å². The van der Waals surface area contributed by atoms with Gasteiger partial charge >= 0.3 is 0 Å². The Bertz CT molecular complexity index is 380. The first-order valence-electron chi connectivity index (χ1n) is 11.0. The van der Waals surface area contributed by atoms with Gasteiger partial charge in [-0.1, -0.05) is 37.1 Å². The Labute approximate surface area is 164 Å². The zero-order valence-corrected chi connectivity index (χ0v) is 18.5. The molecule has 26 heavy (non-hydrogen) atoms. The lowest BCUT2D eigenvalue weighted by molar-refractivity contribution is -0.0355. The molecule has 0 aromatic rings. The summed E-state index contributed by atoms with van der Waals surface area (Å²) in [7, 11) is 0. The van der Waals surface area contributed by atoms with Gasteiger partial charge in [0.05, 0.1) is 12.7 Å². The van der Waals surface area contributed by atoms with E-state index in [1.165, 1.54) is 62.6 Å². The fourth-order valence-electron chi connectivity index (χ4n) is 3.63. The van der Waals surface area contributed by atoms with Crippen molar-refractivity contribution in [2.75, 3.05) is 26.2 Å². The third-order valence-electron chi connectivity index (χ3n) is 5.57. The van der Waals surface area contributed by atoms with Crippen LogP contribution < -0.4 is 0 Å². The molecule has 0 aliphatic carbocycles. The van der Waals surface area contributed by atoms with Crippen molar-refractivity contribution in [3.63, 3.8) is 0 Å². The highest BCUT2D eigenvalue weighted by Crippen LogP contribution is 2.19. The molecule has 1 heterocycles. The summed E-state index contributed by atoms with van der Waals surface area (Å²) in [6.07, 6.45) is 14.1. The summed E-state index contributed by atoms with van der Waals surface area (Å²) in [4.78, 5) is 2.64. The summed E-state index contributed by atoms with van der Waals surface area (Å²) >= 11 is 0. The monoisotopic (exact) mass is 363 g/mol. The Hall–Kier alpha value is -0.600. The quantitative estimate of drug-likeness (QED) is 0.361. The minimum Gasteiger partial charge on any atom is -0.376 e. The summed E-state index contributed by atoms with van der Waals surface area (Å²) in [6, 6.07) is 0. The summed E-state index contributed by atoms with van der Waals surface area (Å²) in [6.45, 7) is 18.0. The maximum Gasteiger partial charge on any atom is 0.0702 e. The fraction of sp³-hybridized carbons (Fsp3) is 0.833. The molecule has 0 aromatic heterocycles. The van der Waals surface area contributed by atoms with Crippen molar-refractivity contribution in [1.82, 2.24) is 4.90 Å². The Balaban J connectivity index is 2.19. The molecule has 3 unspecified atom stereocenters. The van der Waals surface area contributed by atoms with Gasteiger partial charge in [-0.15, -0.1) is 0 Å². The van der Waals surface area contributed by atoms with Gasteiger partial charge in [0.25, 0.3) is 0 Å². The molecule has 152 valence electrons. The molecule has 0 spiro atoms. The van der Waals surface area contributed by atoms with Gasteiger partial charge in [-0.25, -0.2) is 0 Å². The molecule has 0 N–H and O–H groups in total. The van der Waals surface area contributed by atoms with E-state index in [1.807, 2.05) is 0 Å². The Morgan fingerprint density at radius 3 is 2.08 bits per heavy atom. The van der Waals surface area contributed by atoms with E-state index in [4.69, 9.17) is 4.74 Å². The molecule has 1 aliphatic rings. The molecule has 0 amide bonds. The predicted octanol–water partition coefficient (Wildman–Crippen LogP) is 6.62. The van der Waals surface area contributed by atoms with Crippen molar-refractivity contribution in [2.45, 2.75) is 92.6 Å². The highest BCUT2D eigenvalue weighted by molar-refractivity contribution is 4.93.